The lowest BCUT2D eigenvalue weighted by Gasteiger charge is -2.06. The van der Waals surface area contributed by atoms with E-state index in [9.17, 15) is 0 Å². The normalized spacial score (nSPS) is 10.1. The Bertz CT molecular complexity index is 327. The van der Waals surface area contributed by atoms with Crippen LogP contribution in [0.5, 0.6) is 0 Å². The van der Waals surface area contributed by atoms with Crippen LogP contribution in [0.4, 0.5) is 0 Å². The minimum atomic E-state index is 0.394. The van der Waals surface area contributed by atoms with Crippen molar-refractivity contribution in [2.24, 2.45) is 0 Å². The second-order valence-corrected chi connectivity index (χ2v) is 3.13. The Kier molecular flexibility index (Phi) is 2.96. The minimum Gasteiger partial charge on any atom is -0.253 e. The molecule has 0 bridgehead atoms. The predicted molar refractivity (Wildman–Crippen MR) is 56.3 cm³/mol. The fraction of sp³-hybridized carbons (Fsp3) is 0.273. The highest BCUT2D eigenvalue weighted by atomic mass is 14.8. The summed E-state index contributed by atoms with van der Waals surface area (Å²) < 4.78 is 0. The second-order valence-electron chi connectivity index (χ2n) is 3.13. The fourth-order valence-electron chi connectivity index (χ4n) is 1.01. The minimum absolute atomic E-state index is 0.394. The maximum absolute atomic E-state index is 4.41. The van der Waals surface area contributed by atoms with Crippen molar-refractivity contribution in [1.82, 2.24) is 9.97 Å². The van der Waals surface area contributed by atoms with Crippen molar-refractivity contribution in [3.8, 4) is 0 Å². The molecule has 0 unspecified atom stereocenters. The monoisotopic (exact) mass is 174 g/mol. The van der Waals surface area contributed by atoms with Crippen molar-refractivity contribution in [3.05, 3.63) is 36.4 Å². The van der Waals surface area contributed by atoms with Gasteiger partial charge in [0.2, 0.25) is 0 Å². The number of hydrogen-bond acceptors (Lipinski definition) is 2. The SMILES string of the molecule is C=Cc1ncc(C(C)C)nc1C=C. The molecule has 0 spiro atoms. The Morgan fingerprint density at radius 1 is 1.23 bits per heavy atom. The lowest BCUT2D eigenvalue weighted by Crippen LogP contribution is -1.99. The molecule has 0 aromatic carbocycles. The predicted octanol–water partition coefficient (Wildman–Crippen LogP) is 2.89. The van der Waals surface area contributed by atoms with Gasteiger partial charge in [0, 0.05) is 6.20 Å². The van der Waals surface area contributed by atoms with Crippen LogP contribution in [0.25, 0.3) is 12.2 Å². The molecule has 2 nitrogen and oxygen atoms in total. The van der Waals surface area contributed by atoms with E-state index in [4.69, 9.17) is 0 Å². The van der Waals surface area contributed by atoms with Crippen molar-refractivity contribution in [1.29, 1.82) is 0 Å². The van der Waals surface area contributed by atoms with Crippen molar-refractivity contribution >= 4 is 12.2 Å². The fourth-order valence-corrected chi connectivity index (χ4v) is 1.01. The van der Waals surface area contributed by atoms with E-state index in [2.05, 4.69) is 37.0 Å². The van der Waals surface area contributed by atoms with E-state index in [0.717, 1.165) is 17.1 Å². The van der Waals surface area contributed by atoms with Gasteiger partial charge in [-0.3, -0.25) is 4.98 Å². The summed E-state index contributed by atoms with van der Waals surface area (Å²) in [5.41, 5.74) is 2.58. The van der Waals surface area contributed by atoms with Gasteiger partial charge in [-0.2, -0.15) is 0 Å². The lowest BCUT2D eigenvalue weighted by molar-refractivity contribution is 0.808. The van der Waals surface area contributed by atoms with E-state index in [0.29, 0.717) is 5.92 Å². The molecule has 0 radical (unpaired) electrons. The Balaban J connectivity index is 3.20. The first-order valence-corrected chi connectivity index (χ1v) is 4.30. The summed E-state index contributed by atoms with van der Waals surface area (Å²) in [7, 11) is 0. The van der Waals surface area contributed by atoms with Crippen molar-refractivity contribution in [2.45, 2.75) is 19.8 Å². The third-order valence-corrected chi connectivity index (χ3v) is 1.83. The zero-order chi connectivity index (χ0) is 9.84. The van der Waals surface area contributed by atoms with Gasteiger partial charge in [-0.05, 0) is 18.1 Å². The van der Waals surface area contributed by atoms with Gasteiger partial charge < -0.3 is 0 Å². The largest absolute Gasteiger partial charge is 0.253 e. The second kappa shape index (κ2) is 3.99. The Labute approximate surface area is 79.0 Å². The van der Waals surface area contributed by atoms with Crippen LogP contribution in [0.3, 0.4) is 0 Å². The Morgan fingerprint density at radius 2 is 1.85 bits per heavy atom. The van der Waals surface area contributed by atoms with E-state index >= 15 is 0 Å². The molecular formula is C11H14N2. The summed E-state index contributed by atoms with van der Waals surface area (Å²) in [4.78, 5) is 8.65. The van der Waals surface area contributed by atoms with Crippen LogP contribution >= 0.6 is 0 Å². The summed E-state index contributed by atoms with van der Waals surface area (Å²) >= 11 is 0. The van der Waals surface area contributed by atoms with E-state index in [1.54, 1.807) is 18.3 Å². The molecule has 0 amide bonds. The lowest BCUT2D eigenvalue weighted by atomic mass is 10.1. The zero-order valence-corrected chi connectivity index (χ0v) is 8.12. The summed E-state index contributed by atoms with van der Waals surface area (Å²) in [6.07, 6.45) is 5.18. The molecular weight excluding hydrogens is 160 g/mol. The molecule has 1 aromatic heterocycles. The first-order chi connectivity index (χ1) is 6.19. The Morgan fingerprint density at radius 3 is 2.31 bits per heavy atom. The molecule has 0 fully saturated rings. The smallest absolute Gasteiger partial charge is 0.0884 e. The molecule has 0 saturated heterocycles. The van der Waals surface area contributed by atoms with E-state index in [1.807, 2.05) is 0 Å². The van der Waals surface area contributed by atoms with Crippen LogP contribution in [-0.2, 0) is 0 Å². The van der Waals surface area contributed by atoms with Gasteiger partial charge in [0.25, 0.3) is 0 Å². The van der Waals surface area contributed by atoms with E-state index < -0.39 is 0 Å². The van der Waals surface area contributed by atoms with Crippen molar-refractivity contribution in [3.63, 3.8) is 0 Å². The maximum Gasteiger partial charge on any atom is 0.0884 e. The van der Waals surface area contributed by atoms with Gasteiger partial charge in [-0.15, -0.1) is 0 Å². The number of nitrogens with zero attached hydrogens (tertiary/aromatic N) is 2. The molecule has 1 rings (SSSR count). The summed E-state index contributed by atoms with van der Waals surface area (Å²) in [5.74, 6) is 0.394. The average Bonchev–Trinajstić information content (AvgIpc) is 2.16. The van der Waals surface area contributed by atoms with Crippen molar-refractivity contribution in [2.75, 3.05) is 0 Å². The summed E-state index contributed by atoms with van der Waals surface area (Å²) in [6, 6.07) is 0. The first kappa shape index (κ1) is 9.65. The van der Waals surface area contributed by atoms with Crippen LogP contribution in [0, 0.1) is 0 Å². The molecule has 0 saturated carbocycles. The van der Waals surface area contributed by atoms with Crippen LogP contribution in [-0.4, -0.2) is 9.97 Å². The van der Waals surface area contributed by atoms with Crippen molar-refractivity contribution < 1.29 is 0 Å². The van der Waals surface area contributed by atoms with E-state index in [1.165, 1.54) is 0 Å². The van der Waals surface area contributed by atoms with E-state index in [-0.39, 0.29) is 0 Å². The Hall–Kier alpha value is -1.44. The molecule has 1 aromatic rings. The number of rotatable bonds is 3. The van der Waals surface area contributed by atoms with Gasteiger partial charge in [-0.25, -0.2) is 4.98 Å². The number of hydrogen-bond donors (Lipinski definition) is 0. The molecule has 68 valence electrons. The molecule has 0 aliphatic heterocycles. The first-order valence-electron chi connectivity index (χ1n) is 4.30. The van der Waals surface area contributed by atoms with Crippen LogP contribution in [0.2, 0.25) is 0 Å². The molecule has 1 heterocycles. The van der Waals surface area contributed by atoms with Crippen LogP contribution < -0.4 is 0 Å². The summed E-state index contributed by atoms with van der Waals surface area (Å²) in [6.45, 7) is 11.5. The van der Waals surface area contributed by atoms with Gasteiger partial charge in [-0.1, -0.05) is 27.0 Å². The third-order valence-electron chi connectivity index (χ3n) is 1.83. The molecule has 0 N–H and O–H groups in total. The summed E-state index contributed by atoms with van der Waals surface area (Å²) in [5, 5.41) is 0. The highest BCUT2D eigenvalue weighted by molar-refractivity contribution is 5.56. The van der Waals surface area contributed by atoms with Gasteiger partial charge >= 0.3 is 0 Å². The standard InChI is InChI=1S/C11H14N2/c1-5-9-10(6-2)13-11(7-12-9)8(3)4/h5-8H,1-2H2,3-4H3. The number of aromatic nitrogens is 2. The molecule has 13 heavy (non-hydrogen) atoms. The average molecular weight is 174 g/mol. The third kappa shape index (κ3) is 2.02. The van der Waals surface area contributed by atoms with Crippen LogP contribution in [0.1, 0.15) is 36.8 Å². The van der Waals surface area contributed by atoms with Gasteiger partial charge in [0.05, 0.1) is 17.1 Å². The molecule has 2 heteroatoms. The quantitative estimate of drug-likeness (QED) is 0.704. The molecule has 0 aliphatic carbocycles. The highest BCUT2D eigenvalue weighted by Gasteiger charge is 2.04. The van der Waals surface area contributed by atoms with Gasteiger partial charge in [0.1, 0.15) is 0 Å². The van der Waals surface area contributed by atoms with Crippen LogP contribution in [0.15, 0.2) is 19.4 Å². The maximum atomic E-state index is 4.41. The van der Waals surface area contributed by atoms with Gasteiger partial charge in [0.15, 0.2) is 0 Å². The molecule has 0 aliphatic rings. The highest BCUT2D eigenvalue weighted by Crippen LogP contribution is 2.13. The topological polar surface area (TPSA) is 25.8 Å². The molecule has 0 atom stereocenters. The zero-order valence-electron chi connectivity index (χ0n) is 8.12.